The number of hydroxylamine groups is 2. The minimum absolute atomic E-state index is 0.00740. The Labute approximate surface area is 86.1 Å². The predicted molar refractivity (Wildman–Crippen MR) is 46.2 cm³/mol. The molecule has 0 radical (unpaired) electrons. The van der Waals surface area contributed by atoms with Crippen molar-refractivity contribution in [1.82, 2.24) is 5.06 Å². The molecule has 1 unspecified atom stereocenters. The van der Waals surface area contributed by atoms with Gasteiger partial charge in [-0.05, 0) is 0 Å². The first-order chi connectivity index (χ1) is 7.15. The Balaban J connectivity index is 2.27. The SMILES string of the molecule is O=C(OCCCO)ON1C(=O)CCC1O. The first-order valence-electron chi connectivity index (χ1n) is 4.61. The fourth-order valence-corrected chi connectivity index (χ4v) is 1.08. The molecule has 1 atom stereocenters. The molecule has 0 aromatic carbocycles. The second-order valence-corrected chi connectivity index (χ2v) is 3.01. The van der Waals surface area contributed by atoms with E-state index < -0.39 is 18.3 Å². The van der Waals surface area contributed by atoms with Crippen LogP contribution in [0.15, 0.2) is 0 Å². The summed E-state index contributed by atoms with van der Waals surface area (Å²) in [6, 6.07) is 0. The van der Waals surface area contributed by atoms with Crippen molar-refractivity contribution in [2.45, 2.75) is 25.5 Å². The summed E-state index contributed by atoms with van der Waals surface area (Å²) < 4.78 is 4.51. The smallest absolute Gasteiger partial charge is 0.433 e. The number of hydrogen-bond donors (Lipinski definition) is 2. The normalized spacial score (nSPS) is 20.5. The molecule has 2 N–H and O–H groups in total. The molecule has 1 heterocycles. The Hall–Kier alpha value is -1.34. The lowest BCUT2D eigenvalue weighted by Crippen LogP contribution is -2.35. The zero-order valence-corrected chi connectivity index (χ0v) is 8.09. The fourth-order valence-electron chi connectivity index (χ4n) is 1.08. The summed E-state index contributed by atoms with van der Waals surface area (Å²) in [7, 11) is 0. The summed E-state index contributed by atoms with van der Waals surface area (Å²) in [4.78, 5) is 26.5. The highest BCUT2D eigenvalue weighted by Crippen LogP contribution is 2.16. The first kappa shape index (κ1) is 11.7. The largest absolute Gasteiger partial charge is 0.533 e. The molecule has 0 bridgehead atoms. The van der Waals surface area contributed by atoms with Crippen LogP contribution >= 0.6 is 0 Å². The third-order valence-electron chi connectivity index (χ3n) is 1.83. The second kappa shape index (κ2) is 5.52. The van der Waals surface area contributed by atoms with Crippen molar-refractivity contribution >= 4 is 12.1 Å². The molecule has 1 amide bonds. The van der Waals surface area contributed by atoms with Crippen molar-refractivity contribution < 1.29 is 29.4 Å². The molecule has 1 aliphatic heterocycles. The number of amides is 1. The van der Waals surface area contributed by atoms with Gasteiger partial charge in [0.05, 0.1) is 6.61 Å². The van der Waals surface area contributed by atoms with Crippen molar-refractivity contribution in [3.63, 3.8) is 0 Å². The van der Waals surface area contributed by atoms with Gasteiger partial charge in [-0.15, -0.1) is 5.06 Å². The minimum atomic E-state index is -1.09. The van der Waals surface area contributed by atoms with Gasteiger partial charge in [0.1, 0.15) is 0 Å². The molecule has 0 saturated carbocycles. The van der Waals surface area contributed by atoms with Gasteiger partial charge < -0.3 is 19.8 Å². The molecule has 0 aromatic heterocycles. The Bertz CT molecular complexity index is 243. The molecule has 7 nitrogen and oxygen atoms in total. The van der Waals surface area contributed by atoms with Gasteiger partial charge in [-0.25, -0.2) is 4.79 Å². The number of carbonyl (C=O) groups is 2. The van der Waals surface area contributed by atoms with Crippen LogP contribution in [0.3, 0.4) is 0 Å². The monoisotopic (exact) mass is 219 g/mol. The van der Waals surface area contributed by atoms with E-state index in [2.05, 4.69) is 9.57 Å². The standard InChI is InChI=1S/C8H13NO6/c10-4-1-5-14-8(13)15-9-6(11)2-3-7(9)12/h6,10-11H,1-5H2. The fraction of sp³-hybridized carbons (Fsp3) is 0.750. The lowest BCUT2D eigenvalue weighted by atomic mass is 10.4. The van der Waals surface area contributed by atoms with Gasteiger partial charge in [0.15, 0.2) is 6.23 Å². The molecule has 0 aliphatic carbocycles. The Morgan fingerprint density at radius 2 is 2.33 bits per heavy atom. The van der Waals surface area contributed by atoms with E-state index in [9.17, 15) is 14.7 Å². The number of rotatable bonds is 4. The first-order valence-corrected chi connectivity index (χ1v) is 4.61. The topological polar surface area (TPSA) is 96.3 Å². The van der Waals surface area contributed by atoms with Crippen molar-refractivity contribution in [2.24, 2.45) is 0 Å². The van der Waals surface area contributed by atoms with Gasteiger partial charge in [-0.3, -0.25) is 4.79 Å². The van der Waals surface area contributed by atoms with E-state index >= 15 is 0 Å². The third kappa shape index (κ3) is 3.37. The van der Waals surface area contributed by atoms with E-state index in [0.717, 1.165) is 0 Å². The van der Waals surface area contributed by atoms with Gasteiger partial charge in [-0.2, -0.15) is 0 Å². The van der Waals surface area contributed by atoms with E-state index in [1.807, 2.05) is 0 Å². The maximum absolute atomic E-state index is 11.0. The Kier molecular flexibility index (Phi) is 4.32. The summed E-state index contributed by atoms with van der Waals surface area (Å²) in [6.07, 6.45) is -1.47. The second-order valence-electron chi connectivity index (χ2n) is 3.01. The van der Waals surface area contributed by atoms with E-state index in [1.54, 1.807) is 0 Å². The lowest BCUT2D eigenvalue weighted by Gasteiger charge is -2.17. The number of carbonyl (C=O) groups excluding carboxylic acids is 2. The lowest BCUT2D eigenvalue weighted by molar-refractivity contribution is -0.199. The van der Waals surface area contributed by atoms with Crippen LogP contribution in [0, 0.1) is 0 Å². The molecular formula is C8H13NO6. The zero-order chi connectivity index (χ0) is 11.3. The average Bonchev–Trinajstić information content (AvgIpc) is 2.50. The van der Waals surface area contributed by atoms with Crippen LogP contribution in [0.1, 0.15) is 19.3 Å². The maximum atomic E-state index is 11.0. The molecule has 7 heteroatoms. The molecule has 15 heavy (non-hydrogen) atoms. The van der Waals surface area contributed by atoms with Gasteiger partial charge in [0, 0.05) is 25.9 Å². The average molecular weight is 219 g/mol. The number of hydrogen-bond acceptors (Lipinski definition) is 6. The minimum Gasteiger partial charge on any atom is -0.433 e. The molecular weight excluding hydrogens is 206 g/mol. The van der Waals surface area contributed by atoms with Crippen molar-refractivity contribution in [3.8, 4) is 0 Å². The van der Waals surface area contributed by atoms with Crippen molar-refractivity contribution in [1.29, 1.82) is 0 Å². The van der Waals surface area contributed by atoms with Crippen LogP contribution in [0.5, 0.6) is 0 Å². The maximum Gasteiger partial charge on any atom is 0.533 e. The highest BCUT2D eigenvalue weighted by Gasteiger charge is 2.33. The van der Waals surface area contributed by atoms with Crippen LogP contribution in [0.4, 0.5) is 4.79 Å². The van der Waals surface area contributed by atoms with Crippen LogP contribution < -0.4 is 0 Å². The van der Waals surface area contributed by atoms with Gasteiger partial charge >= 0.3 is 6.16 Å². The Morgan fingerprint density at radius 1 is 1.60 bits per heavy atom. The van der Waals surface area contributed by atoms with Crippen molar-refractivity contribution in [2.75, 3.05) is 13.2 Å². The van der Waals surface area contributed by atoms with Gasteiger partial charge in [0.25, 0.3) is 5.91 Å². The summed E-state index contributed by atoms with van der Waals surface area (Å²) in [5.41, 5.74) is 0. The van der Waals surface area contributed by atoms with E-state index in [4.69, 9.17) is 5.11 Å². The van der Waals surface area contributed by atoms with E-state index in [1.165, 1.54) is 0 Å². The highest BCUT2D eigenvalue weighted by atomic mass is 16.8. The number of aliphatic hydroxyl groups is 2. The molecule has 0 spiro atoms. The predicted octanol–water partition coefficient (Wildman–Crippen LogP) is -0.622. The zero-order valence-electron chi connectivity index (χ0n) is 8.09. The molecule has 0 aromatic rings. The van der Waals surface area contributed by atoms with Crippen LogP contribution in [-0.4, -0.2) is 46.8 Å². The summed E-state index contributed by atoms with van der Waals surface area (Å²) in [5.74, 6) is -0.457. The number of ether oxygens (including phenoxy) is 1. The molecule has 86 valence electrons. The van der Waals surface area contributed by atoms with Crippen LogP contribution in [0.2, 0.25) is 0 Å². The van der Waals surface area contributed by atoms with E-state index in [-0.39, 0.29) is 26.1 Å². The third-order valence-corrected chi connectivity index (χ3v) is 1.83. The summed E-state index contributed by atoms with van der Waals surface area (Å²) in [5, 5.41) is 18.2. The highest BCUT2D eigenvalue weighted by molar-refractivity contribution is 5.78. The number of aliphatic hydroxyl groups excluding tert-OH is 2. The van der Waals surface area contributed by atoms with Crippen molar-refractivity contribution in [3.05, 3.63) is 0 Å². The summed E-state index contributed by atoms with van der Waals surface area (Å²) in [6.45, 7) is -0.0913. The molecule has 1 aliphatic rings. The quantitative estimate of drug-likeness (QED) is 0.483. The van der Waals surface area contributed by atoms with Gasteiger partial charge in [0.2, 0.25) is 0 Å². The summed E-state index contributed by atoms with van der Waals surface area (Å²) >= 11 is 0. The molecule has 1 fully saturated rings. The Morgan fingerprint density at radius 3 is 2.87 bits per heavy atom. The molecule has 1 rings (SSSR count). The van der Waals surface area contributed by atoms with Gasteiger partial charge in [-0.1, -0.05) is 0 Å². The van der Waals surface area contributed by atoms with Crippen LogP contribution in [0.25, 0.3) is 0 Å². The number of nitrogens with zero attached hydrogens (tertiary/aromatic N) is 1. The molecule has 1 saturated heterocycles. The van der Waals surface area contributed by atoms with E-state index in [0.29, 0.717) is 11.5 Å². The van der Waals surface area contributed by atoms with Crippen LogP contribution in [-0.2, 0) is 14.4 Å².